The minimum absolute atomic E-state index is 0.206. The Bertz CT molecular complexity index is 747. The summed E-state index contributed by atoms with van der Waals surface area (Å²) in [4.78, 5) is 8.98. The van der Waals surface area contributed by atoms with Gasteiger partial charge in [-0.25, -0.2) is 0 Å². The monoisotopic (exact) mass is 277 g/mol. The summed E-state index contributed by atoms with van der Waals surface area (Å²) >= 11 is 0. The number of nitrogens with one attached hydrogen (secondary N) is 1. The van der Waals surface area contributed by atoms with E-state index in [1.807, 2.05) is 31.6 Å². The highest BCUT2D eigenvalue weighted by atomic mass is 14.9. The number of para-hydroxylation sites is 1. The molecule has 0 bridgehead atoms. The Morgan fingerprint density at radius 3 is 2.67 bits per heavy atom. The van der Waals surface area contributed by atoms with Crippen molar-refractivity contribution in [2.45, 2.75) is 19.4 Å². The minimum atomic E-state index is 0.206. The first-order chi connectivity index (χ1) is 10.3. The molecule has 0 spiro atoms. The van der Waals surface area contributed by atoms with Crippen molar-refractivity contribution < 1.29 is 0 Å². The molecule has 0 aliphatic carbocycles. The van der Waals surface area contributed by atoms with E-state index in [-0.39, 0.29) is 6.04 Å². The maximum atomic E-state index is 4.55. The molecule has 3 heteroatoms. The number of likely N-dealkylation sites (N-methyl/N-ethyl adjacent to an activating group) is 1. The molecule has 3 rings (SSSR count). The zero-order chi connectivity index (χ0) is 14.7. The van der Waals surface area contributed by atoms with E-state index in [4.69, 9.17) is 0 Å². The van der Waals surface area contributed by atoms with Crippen LogP contribution in [0.5, 0.6) is 0 Å². The Kier molecular flexibility index (Phi) is 3.93. The summed E-state index contributed by atoms with van der Waals surface area (Å²) < 4.78 is 0. The molecule has 3 nitrogen and oxygen atoms in total. The lowest BCUT2D eigenvalue weighted by Crippen LogP contribution is -2.21. The van der Waals surface area contributed by atoms with Crippen molar-refractivity contribution in [1.82, 2.24) is 15.3 Å². The zero-order valence-electron chi connectivity index (χ0n) is 12.4. The second kappa shape index (κ2) is 6.02. The summed E-state index contributed by atoms with van der Waals surface area (Å²) in [6.07, 6.45) is 4.64. The standard InChI is InChI=1S/C18H19N3/c1-13-6-5-10-21-18(13)17(19-2)12-14-9-11-20-16-8-4-3-7-15(14)16/h3-11,17,19H,12H2,1-2H3. The predicted octanol–water partition coefficient (Wildman–Crippen LogP) is 3.44. The van der Waals surface area contributed by atoms with Crippen LogP contribution >= 0.6 is 0 Å². The molecular formula is C18H19N3. The fraction of sp³-hybridized carbons (Fsp3) is 0.222. The first kappa shape index (κ1) is 13.7. The van der Waals surface area contributed by atoms with Gasteiger partial charge in [0.05, 0.1) is 17.3 Å². The molecule has 0 amide bonds. The summed E-state index contributed by atoms with van der Waals surface area (Å²) in [5, 5.41) is 4.61. The normalized spacial score (nSPS) is 12.5. The summed E-state index contributed by atoms with van der Waals surface area (Å²) in [5.41, 5.74) is 4.67. The van der Waals surface area contributed by atoms with Crippen LogP contribution in [-0.4, -0.2) is 17.0 Å². The molecule has 0 saturated heterocycles. The zero-order valence-corrected chi connectivity index (χ0v) is 12.4. The topological polar surface area (TPSA) is 37.8 Å². The van der Waals surface area contributed by atoms with Crippen molar-refractivity contribution in [3.8, 4) is 0 Å². The molecule has 2 heterocycles. The summed E-state index contributed by atoms with van der Waals surface area (Å²) in [6, 6.07) is 14.7. The van der Waals surface area contributed by atoms with Gasteiger partial charge in [-0.05, 0) is 49.7 Å². The lowest BCUT2D eigenvalue weighted by molar-refractivity contribution is 0.574. The maximum absolute atomic E-state index is 4.55. The third-order valence-electron chi connectivity index (χ3n) is 3.89. The second-order valence-electron chi connectivity index (χ2n) is 5.24. The largest absolute Gasteiger partial charge is 0.311 e. The number of aromatic nitrogens is 2. The molecule has 0 radical (unpaired) electrons. The minimum Gasteiger partial charge on any atom is -0.311 e. The van der Waals surface area contributed by atoms with Gasteiger partial charge >= 0.3 is 0 Å². The predicted molar refractivity (Wildman–Crippen MR) is 86.2 cm³/mol. The van der Waals surface area contributed by atoms with Gasteiger partial charge in [0.25, 0.3) is 0 Å². The van der Waals surface area contributed by atoms with Gasteiger partial charge in [0.2, 0.25) is 0 Å². The van der Waals surface area contributed by atoms with Crippen LogP contribution in [0.1, 0.15) is 22.9 Å². The molecule has 21 heavy (non-hydrogen) atoms. The maximum Gasteiger partial charge on any atom is 0.0704 e. The molecule has 2 aromatic heterocycles. The highest BCUT2D eigenvalue weighted by Gasteiger charge is 2.15. The summed E-state index contributed by atoms with van der Waals surface area (Å²) in [5.74, 6) is 0. The van der Waals surface area contributed by atoms with Crippen LogP contribution in [0.25, 0.3) is 10.9 Å². The van der Waals surface area contributed by atoms with E-state index in [1.165, 1.54) is 16.5 Å². The number of hydrogen-bond acceptors (Lipinski definition) is 3. The van der Waals surface area contributed by atoms with Crippen molar-refractivity contribution in [1.29, 1.82) is 0 Å². The van der Waals surface area contributed by atoms with E-state index in [1.54, 1.807) is 0 Å². The third-order valence-corrected chi connectivity index (χ3v) is 3.89. The van der Waals surface area contributed by atoms with Gasteiger partial charge in [0.1, 0.15) is 0 Å². The number of aryl methyl sites for hydroxylation is 1. The average Bonchev–Trinajstić information content (AvgIpc) is 2.53. The van der Waals surface area contributed by atoms with Crippen LogP contribution in [0.2, 0.25) is 0 Å². The molecule has 1 aromatic carbocycles. The molecule has 1 atom stereocenters. The Labute approximate surface area is 125 Å². The van der Waals surface area contributed by atoms with Gasteiger partial charge in [-0.1, -0.05) is 24.3 Å². The molecule has 0 saturated carbocycles. The van der Waals surface area contributed by atoms with E-state index >= 15 is 0 Å². The number of hydrogen-bond donors (Lipinski definition) is 1. The Morgan fingerprint density at radius 2 is 1.86 bits per heavy atom. The highest BCUT2D eigenvalue weighted by Crippen LogP contribution is 2.23. The van der Waals surface area contributed by atoms with Gasteiger partial charge in [-0.3, -0.25) is 9.97 Å². The van der Waals surface area contributed by atoms with Crippen molar-refractivity contribution in [2.75, 3.05) is 7.05 Å². The molecule has 1 unspecified atom stereocenters. The van der Waals surface area contributed by atoms with Crippen molar-refractivity contribution in [2.24, 2.45) is 0 Å². The van der Waals surface area contributed by atoms with E-state index < -0.39 is 0 Å². The lowest BCUT2D eigenvalue weighted by atomic mass is 9.98. The van der Waals surface area contributed by atoms with E-state index in [2.05, 4.69) is 52.5 Å². The van der Waals surface area contributed by atoms with Crippen molar-refractivity contribution >= 4 is 10.9 Å². The lowest BCUT2D eigenvalue weighted by Gasteiger charge is -2.18. The number of rotatable bonds is 4. The molecule has 3 aromatic rings. The fourth-order valence-electron chi connectivity index (χ4n) is 2.75. The molecule has 0 fully saturated rings. The Hall–Kier alpha value is -2.26. The fourth-order valence-corrected chi connectivity index (χ4v) is 2.75. The van der Waals surface area contributed by atoms with Gasteiger partial charge in [0, 0.05) is 17.8 Å². The van der Waals surface area contributed by atoms with Crippen LogP contribution in [-0.2, 0) is 6.42 Å². The van der Waals surface area contributed by atoms with Crippen LogP contribution in [0.3, 0.4) is 0 Å². The Morgan fingerprint density at radius 1 is 1.00 bits per heavy atom. The molecular weight excluding hydrogens is 258 g/mol. The number of nitrogens with zero attached hydrogens (tertiary/aromatic N) is 2. The number of fused-ring (bicyclic) bond motifs is 1. The second-order valence-corrected chi connectivity index (χ2v) is 5.24. The highest BCUT2D eigenvalue weighted by molar-refractivity contribution is 5.81. The van der Waals surface area contributed by atoms with Crippen molar-refractivity contribution in [3.63, 3.8) is 0 Å². The van der Waals surface area contributed by atoms with E-state index in [9.17, 15) is 0 Å². The molecule has 0 aliphatic rings. The summed E-state index contributed by atoms with van der Waals surface area (Å²) in [6.45, 7) is 2.11. The van der Waals surface area contributed by atoms with Crippen LogP contribution in [0.4, 0.5) is 0 Å². The van der Waals surface area contributed by atoms with Gasteiger partial charge in [-0.15, -0.1) is 0 Å². The summed E-state index contributed by atoms with van der Waals surface area (Å²) in [7, 11) is 1.99. The molecule has 1 N–H and O–H groups in total. The third kappa shape index (κ3) is 2.78. The number of pyridine rings is 2. The first-order valence-electron chi connectivity index (χ1n) is 7.21. The molecule has 0 aliphatic heterocycles. The van der Waals surface area contributed by atoms with Crippen molar-refractivity contribution in [3.05, 3.63) is 71.7 Å². The average molecular weight is 277 g/mol. The van der Waals surface area contributed by atoms with Gasteiger partial charge in [0.15, 0.2) is 0 Å². The van der Waals surface area contributed by atoms with E-state index in [0.717, 1.165) is 17.6 Å². The first-order valence-corrected chi connectivity index (χ1v) is 7.21. The smallest absolute Gasteiger partial charge is 0.0704 e. The van der Waals surface area contributed by atoms with Crippen LogP contribution in [0.15, 0.2) is 54.9 Å². The van der Waals surface area contributed by atoms with Gasteiger partial charge < -0.3 is 5.32 Å². The Balaban J connectivity index is 1.98. The quantitative estimate of drug-likeness (QED) is 0.794. The van der Waals surface area contributed by atoms with Crippen LogP contribution in [0, 0.1) is 6.92 Å². The SMILES string of the molecule is CNC(Cc1ccnc2ccccc12)c1ncccc1C. The molecule has 106 valence electrons. The number of benzene rings is 1. The van der Waals surface area contributed by atoms with Crippen LogP contribution < -0.4 is 5.32 Å². The van der Waals surface area contributed by atoms with Gasteiger partial charge in [-0.2, -0.15) is 0 Å². The van der Waals surface area contributed by atoms with E-state index in [0.29, 0.717) is 0 Å².